The van der Waals surface area contributed by atoms with Crippen LogP contribution in [0.5, 0.6) is 0 Å². The lowest BCUT2D eigenvalue weighted by Crippen LogP contribution is -2.34. The van der Waals surface area contributed by atoms with Crippen molar-refractivity contribution >= 4 is 5.69 Å². The molecule has 2 atom stereocenters. The Kier molecular flexibility index (Phi) is 2.98. The van der Waals surface area contributed by atoms with Crippen LogP contribution in [0.25, 0.3) is 0 Å². The standard InChI is InChI=1S/C14H18F2N2/c1-9-7-11(16)13(8-10(9)15)17-12-4-6-18-5-2-3-14(12)18/h7-8,12,14,17H,2-6H2,1H3. The molecule has 3 rings (SSSR count). The maximum absolute atomic E-state index is 13.8. The van der Waals surface area contributed by atoms with E-state index in [1.54, 1.807) is 6.92 Å². The van der Waals surface area contributed by atoms with Crippen LogP contribution in [0.3, 0.4) is 0 Å². The van der Waals surface area contributed by atoms with Gasteiger partial charge in [0.25, 0.3) is 0 Å². The van der Waals surface area contributed by atoms with Gasteiger partial charge in [0.2, 0.25) is 0 Å². The van der Waals surface area contributed by atoms with Gasteiger partial charge in [-0.2, -0.15) is 0 Å². The van der Waals surface area contributed by atoms with E-state index >= 15 is 0 Å². The third-order valence-electron chi connectivity index (χ3n) is 4.20. The van der Waals surface area contributed by atoms with Gasteiger partial charge in [0.1, 0.15) is 11.6 Å². The molecule has 0 saturated carbocycles. The zero-order chi connectivity index (χ0) is 12.7. The predicted molar refractivity (Wildman–Crippen MR) is 67.7 cm³/mol. The molecule has 2 nitrogen and oxygen atoms in total. The molecule has 0 aliphatic carbocycles. The monoisotopic (exact) mass is 252 g/mol. The van der Waals surface area contributed by atoms with Gasteiger partial charge >= 0.3 is 0 Å². The third-order valence-corrected chi connectivity index (χ3v) is 4.20. The summed E-state index contributed by atoms with van der Waals surface area (Å²) < 4.78 is 27.3. The van der Waals surface area contributed by atoms with Crippen LogP contribution in [0.15, 0.2) is 12.1 Å². The molecule has 2 heterocycles. The Hall–Kier alpha value is -1.16. The second-order valence-corrected chi connectivity index (χ2v) is 5.37. The van der Waals surface area contributed by atoms with Crippen molar-refractivity contribution in [3.8, 4) is 0 Å². The topological polar surface area (TPSA) is 15.3 Å². The van der Waals surface area contributed by atoms with Gasteiger partial charge in [-0.05, 0) is 44.4 Å². The molecule has 2 aliphatic heterocycles. The SMILES string of the molecule is Cc1cc(F)c(NC2CCN3CCCC23)cc1F. The number of rotatable bonds is 2. The largest absolute Gasteiger partial charge is 0.378 e. The minimum atomic E-state index is -0.356. The lowest BCUT2D eigenvalue weighted by atomic mass is 10.1. The number of hydrogen-bond donors (Lipinski definition) is 1. The number of fused-ring (bicyclic) bond motifs is 1. The Bertz CT molecular complexity index is 461. The van der Waals surface area contributed by atoms with Crippen LogP contribution >= 0.6 is 0 Å². The minimum Gasteiger partial charge on any atom is -0.378 e. The average molecular weight is 252 g/mol. The summed E-state index contributed by atoms with van der Waals surface area (Å²) in [5.74, 6) is -0.703. The maximum Gasteiger partial charge on any atom is 0.146 e. The molecule has 0 bridgehead atoms. The van der Waals surface area contributed by atoms with Crippen molar-refractivity contribution in [3.63, 3.8) is 0 Å². The van der Waals surface area contributed by atoms with Crippen molar-refractivity contribution in [2.75, 3.05) is 18.4 Å². The van der Waals surface area contributed by atoms with Crippen molar-refractivity contribution in [1.29, 1.82) is 0 Å². The Morgan fingerprint density at radius 2 is 2.00 bits per heavy atom. The number of hydrogen-bond acceptors (Lipinski definition) is 2. The maximum atomic E-state index is 13.8. The number of benzene rings is 1. The molecule has 0 radical (unpaired) electrons. The molecule has 1 aromatic carbocycles. The van der Waals surface area contributed by atoms with Crippen LogP contribution in [0.1, 0.15) is 24.8 Å². The van der Waals surface area contributed by atoms with Crippen LogP contribution in [-0.4, -0.2) is 30.1 Å². The number of anilines is 1. The van der Waals surface area contributed by atoms with Crippen molar-refractivity contribution in [1.82, 2.24) is 4.90 Å². The minimum absolute atomic E-state index is 0.254. The zero-order valence-corrected chi connectivity index (χ0v) is 10.5. The first-order valence-corrected chi connectivity index (χ1v) is 6.61. The van der Waals surface area contributed by atoms with E-state index in [-0.39, 0.29) is 17.7 Å². The number of aryl methyl sites for hydroxylation is 1. The fourth-order valence-corrected chi connectivity index (χ4v) is 3.21. The first-order chi connectivity index (χ1) is 8.65. The highest BCUT2D eigenvalue weighted by Crippen LogP contribution is 2.31. The van der Waals surface area contributed by atoms with Gasteiger partial charge in [-0.15, -0.1) is 0 Å². The number of nitrogens with zero attached hydrogens (tertiary/aromatic N) is 1. The Labute approximate surface area is 106 Å². The molecule has 98 valence electrons. The van der Waals surface area contributed by atoms with Crippen LogP contribution < -0.4 is 5.32 Å². The van der Waals surface area contributed by atoms with Crippen molar-refractivity contribution in [2.45, 2.75) is 38.3 Å². The van der Waals surface area contributed by atoms with Crippen LogP contribution in [0.2, 0.25) is 0 Å². The summed E-state index contributed by atoms with van der Waals surface area (Å²) in [4.78, 5) is 2.44. The van der Waals surface area contributed by atoms with E-state index in [1.807, 2.05) is 0 Å². The molecule has 1 aromatic rings. The lowest BCUT2D eigenvalue weighted by Gasteiger charge is -2.22. The van der Waals surface area contributed by atoms with E-state index in [0.717, 1.165) is 25.9 Å². The molecule has 18 heavy (non-hydrogen) atoms. The summed E-state index contributed by atoms with van der Waals surface area (Å²) in [6.07, 6.45) is 3.39. The van der Waals surface area contributed by atoms with Gasteiger partial charge < -0.3 is 5.32 Å². The lowest BCUT2D eigenvalue weighted by molar-refractivity contribution is 0.318. The van der Waals surface area contributed by atoms with E-state index in [9.17, 15) is 8.78 Å². The number of nitrogens with one attached hydrogen (secondary N) is 1. The fraction of sp³-hybridized carbons (Fsp3) is 0.571. The van der Waals surface area contributed by atoms with Crippen molar-refractivity contribution in [2.24, 2.45) is 0 Å². The Morgan fingerprint density at radius 1 is 1.17 bits per heavy atom. The van der Waals surface area contributed by atoms with Gasteiger partial charge in [0, 0.05) is 24.7 Å². The quantitative estimate of drug-likeness (QED) is 0.870. The number of halogens is 2. The molecule has 1 N–H and O–H groups in total. The van der Waals surface area contributed by atoms with Gasteiger partial charge in [0.05, 0.1) is 5.69 Å². The highest BCUT2D eigenvalue weighted by Gasteiger charge is 2.37. The second kappa shape index (κ2) is 4.50. The smallest absolute Gasteiger partial charge is 0.146 e. The van der Waals surface area contributed by atoms with Crippen LogP contribution in [0.4, 0.5) is 14.5 Å². The van der Waals surface area contributed by atoms with E-state index < -0.39 is 0 Å². The van der Waals surface area contributed by atoms with E-state index in [1.165, 1.54) is 18.6 Å². The molecule has 2 saturated heterocycles. The van der Waals surface area contributed by atoms with Gasteiger partial charge in [-0.3, -0.25) is 4.90 Å². The van der Waals surface area contributed by atoms with Gasteiger partial charge in [-0.25, -0.2) is 8.78 Å². The van der Waals surface area contributed by atoms with Gasteiger partial charge in [0.15, 0.2) is 0 Å². The fourth-order valence-electron chi connectivity index (χ4n) is 3.21. The summed E-state index contributed by atoms with van der Waals surface area (Å²) >= 11 is 0. The Morgan fingerprint density at radius 3 is 2.83 bits per heavy atom. The second-order valence-electron chi connectivity index (χ2n) is 5.37. The summed E-state index contributed by atoms with van der Waals surface area (Å²) in [6.45, 7) is 3.79. The molecule has 0 amide bonds. The first-order valence-electron chi connectivity index (χ1n) is 6.61. The average Bonchev–Trinajstić information content (AvgIpc) is 2.90. The summed E-state index contributed by atoms with van der Waals surface area (Å²) in [5.41, 5.74) is 0.656. The third kappa shape index (κ3) is 1.99. The predicted octanol–water partition coefficient (Wildman–Crippen LogP) is 2.92. The highest BCUT2D eigenvalue weighted by molar-refractivity contribution is 5.48. The van der Waals surface area contributed by atoms with E-state index in [0.29, 0.717) is 17.3 Å². The molecule has 2 unspecified atom stereocenters. The van der Waals surface area contributed by atoms with Gasteiger partial charge in [-0.1, -0.05) is 0 Å². The summed E-state index contributed by atoms with van der Waals surface area (Å²) in [6, 6.07) is 3.29. The molecule has 2 aliphatic rings. The normalized spacial score (nSPS) is 27.5. The first kappa shape index (κ1) is 11.9. The highest BCUT2D eigenvalue weighted by atomic mass is 19.1. The van der Waals surface area contributed by atoms with Crippen LogP contribution in [-0.2, 0) is 0 Å². The van der Waals surface area contributed by atoms with E-state index in [2.05, 4.69) is 10.2 Å². The zero-order valence-electron chi connectivity index (χ0n) is 10.5. The molecule has 4 heteroatoms. The molecule has 2 fully saturated rings. The van der Waals surface area contributed by atoms with Crippen molar-refractivity contribution < 1.29 is 8.78 Å². The van der Waals surface area contributed by atoms with E-state index in [4.69, 9.17) is 0 Å². The molecule has 0 spiro atoms. The summed E-state index contributed by atoms with van der Waals surface area (Å²) in [7, 11) is 0. The molecule has 0 aromatic heterocycles. The molecular weight excluding hydrogens is 234 g/mol. The summed E-state index contributed by atoms with van der Waals surface area (Å²) in [5, 5.41) is 3.19. The van der Waals surface area contributed by atoms with Crippen molar-refractivity contribution in [3.05, 3.63) is 29.3 Å². The molecular formula is C14H18F2N2. The Balaban J connectivity index is 1.78. The van der Waals surface area contributed by atoms with Crippen LogP contribution in [0, 0.1) is 18.6 Å².